The van der Waals surface area contributed by atoms with Gasteiger partial charge in [0.1, 0.15) is 0 Å². The first kappa shape index (κ1) is 12.7. The average molecular weight is 247 g/mol. The lowest BCUT2D eigenvalue weighted by molar-refractivity contribution is -0.133. The zero-order valence-corrected chi connectivity index (χ0v) is 10.4. The van der Waals surface area contributed by atoms with E-state index in [0.29, 0.717) is 19.3 Å². The van der Waals surface area contributed by atoms with Gasteiger partial charge in [-0.3, -0.25) is 9.78 Å². The summed E-state index contributed by atoms with van der Waals surface area (Å²) < 4.78 is 0. The highest BCUT2D eigenvalue weighted by atomic mass is 16.3. The van der Waals surface area contributed by atoms with Crippen LogP contribution in [-0.2, 0) is 4.79 Å². The Morgan fingerprint density at radius 3 is 2.94 bits per heavy atom. The topological polar surface area (TPSA) is 65.8 Å². The number of hydrogen-bond acceptors (Lipinski definition) is 4. The van der Waals surface area contributed by atoms with Crippen LogP contribution >= 0.6 is 0 Å². The molecule has 0 saturated heterocycles. The fourth-order valence-corrected chi connectivity index (χ4v) is 1.79. The quantitative estimate of drug-likeness (QED) is 0.868. The average Bonchev–Trinajstić information content (AvgIpc) is 2.42. The third kappa shape index (κ3) is 2.92. The third-order valence-corrected chi connectivity index (χ3v) is 2.92. The Morgan fingerprint density at radius 2 is 2.28 bits per heavy atom. The maximum absolute atomic E-state index is 11.7. The largest absolute Gasteiger partial charge is 0.391 e. The Hall–Kier alpha value is -1.75. The van der Waals surface area contributed by atoms with Gasteiger partial charge in [-0.25, -0.2) is 5.01 Å². The number of carbonyl (C=O) groups is 1. The van der Waals surface area contributed by atoms with E-state index in [4.69, 9.17) is 0 Å². The molecule has 0 aliphatic carbocycles. The van der Waals surface area contributed by atoms with Crippen molar-refractivity contribution in [2.24, 2.45) is 5.10 Å². The van der Waals surface area contributed by atoms with E-state index in [1.165, 1.54) is 5.01 Å². The van der Waals surface area contributed by atoms with Crippen molar-refractivity contribution < 1.29 is 9.90 Å². The first-order chi connectivity index (χ1) is 8.70. The van der Waals surface area contributed by atoms with Gasteiger partial charge >= 0.3 is 0 Å². The molecule has 1 unspecified atom stereocenters. The van der Waals surface area contributed by atoms with Gasteiger partial charge in [0.2, 0.25) is 5.91 Å². The number of aliphatic hydroxyl groups is 1. The van der Waals surface area contributed by atoms with E-state index in [-0.39, 0.29) is 12.5 Å². The van der Waals surface area contributed by atoms with Crippen molar-refractivity contribution in [2.75, 3.05) is 6.54 Å². The number of carbonyl (C=O) groups excluding carboxylic acids is 1. The van der Waals surface area contributed by atoms with E-state index in [1.807, 2.05) is 25.1 Å². The fraction of sp³-hybridized carbons (Fsp3) is 0.462. The molecule has 96 valence electrons. The van der Waals surface area contributed by atoms with Crippen LogP contribution in [0.25, 0.3) is 0 Å². The molecule has 1 aliphatic rings. The van der Waals surface area contributed by atoms with E-state index in [2.05, 4.69) is 10.1 Å². The van der Waals surface area contributed by atoms with Crippen LogP contribution in [0.4, 0.5) is 0 Å². The van der Waals surface area contributed by atoms with Gasteiger partial charge in [0, 0.05) is 19.0 Å². The minimum atomic E-state index is -0.527. The maximum atomic E-state index is 11.7. The minimum absolute atomic E-state index is 0.0396. The van der Waals surface area contributed by atoms with Crippen LogP contribution < -0.4 is 0 Å². The second-order valence-corrected chi connectivity index (χ2v) is 4.30. The van der Waals surface area contributed by atoms with Gasteiger partial charge in [0.15, 0.2) is 0 Å². The molecule has 0 fully saturated rings. The number of hydrogen-bond donors (Lipinski definition) is 1. The van der Waals surface area contributed by atoms with Crippen LogP contribution in [0.5, 0.6) is 0 Å². The lowest BCUT2D eigenvalue weighted by Gasteiger charge is -2.25. The molecule has 0 radical (unpaired) electrons. The molecule has 2 rings (SSSR count). The summed E-state index contributed by atoms with van der Waals surface area (Å²) in [6.45, 7) is 2.13. The van der Waals surface area contributed by atoms with E-state index in [9.17, 15) is 9.90 Å². The van der Waals surface area contributed by atoms with Crippen LogP contribution in [0.2, 0.25) is 0 Å². The molecule has 0 saturated carbocycles. The summed E-state index contributed by atoms with van der Waals surface area (Å²) in [6, 6.07) is 5.62. The standard InChI is InChI=1S/C13H17N3O2/c1-2-10(17)9-16-13(18)7-6-12(15-16)11-5-3-4-8-14-11/h3-5,8,10,17H,2,6-7,9H2,1H3. The molecule has 1 aromatic rings. The lowest BCUT2D eigenvalue weighted by Crippen LogP contribution is -2.37. The lowest BCUT2D eigenvalue weighted by atomic mass is 10.1. The highest BCUT2D eigenvalue weighted by Crippen LogP contribution is 2.14. The number of amides is 1. The SMILES string of the molecule is CCC(O)CN1N=C(c2ccccn2)CCC1=O. The predicted molar refractivity (Wildman–Crippen MR) is 68.0 cm³/mol. The van der Waals surface area contributed by atoms with E-state index < -0.39 is 6.10 Å². The summed E-state index contributed by atoms with van der Waals surface area (Å²) in [5.74, 6) is -0.0396. The van der Waals surface area contributed by atoms with Crippen molar-refractivity contribution >= 4 is 11.6 Å². The van der Waals surface area contributed by atoms with Crippen LogP contribution in [0.15, 0.2) is 29.5 Å². The molecule has 1 atom stereocenters. The second-order valence-electron chi connectivity index (χ2n) is 4.30. The van der Waals surface area contributed by atoms with Crippen molar-refractivity contribution in [2.45, 2.75) is 32.3 Å². The van der Waals surface area contributed by atoms with Gasteiger partial charge in [-0.15, -0.1) is 0 Å². The van der Waals surface area contributed by atoms with Crippen molar-refractivity contribution in [3.05, 3.63) is 30.1 Å². The van der Waals surface area contributed by atoms with E-state index in [1.54, 1.807) is 6.20 Å². The number of nitrogens with zero attached hydrogens (tertiary/aromatic N) is 3. The normalized spacial score (nSPS) is 17.6. The zero-order chi connectivity index (χ0) is 13.0. The molecule has 5 heteroatoms. The van der Waals surface area contributed by atoms with Crippen molar-refractivity contribution in [3.63, 3.8) is 0 Å². The van der Waals surface area contributed by atoms with Crippen molar-refractivity contribution in [1.29, 1.82) is 0 Å². The fourth-order valence-electron chi connectivity index (χ4n) is 1.79. The van der Waals surface area contributed by atoms with Crippen molar-refractivity contribution in [1.82, 2.24) is 9.99 Å². The van der Waals surface area contributed by atoms with Crippen molar-refractivity contribution in [3.8, 4) is 0 Å². The summed E-state index contributed by atoms with van der Waals surface area (Å²) in [5.41, 5.74) is 1.60. The number of hydrazone groups is 1. The molecule has 0 spiro atoms. The Labute approximate surface area is 106 Å². The monoisotopic (exact) mass is 247 g/mol. The zero-order valence-electron chi connectivity index (χ0n) is 10.4. The molecule has 2 heterocycles. The van der Waals surface area contributed by atoms with Gasteiger partial charge in [-0.05, 0) is 18.6 Å². The number of aliphatic hydroxyl groups excluding tert-OH is 1. The Balaban J connectivity index is 2.17. The molecule has 5 nitrogen and oxygen atoms in total. The van der Waals surface area contributed by atoms with Gasteiger partial charge < -0.3 is 5.11 Å². The summed E-state index contributed by atoms with van der Waals surface area (Å²) in [4.78, 5) is 15.9. The van der Waals surface area contributed by atoms with Crippen LogP contribution in [-0.4, -0.2) is 39.4 Å². The number of aromatic nitrogens is 1. The van der Waals surface area contributed by atoms with Gasteiger partial charge in [-0.1, -0.05) is 13.0 Å². The summed E-state index contributed by atoms with van der Waals surface area (Å²) in [5, 5.41) is 15.3. The highest BCUT2D eigenvalue weighted by molar-refractivity contribution is 6.02. The van der Waals surface area contributed by atoms with Gasteiger partial charge in [-0.2, -0.15) is 5.10 Å². The summed E-state index contributed by atoms with van der Waals surface area (Å²) >= 11 is 0. The van der Waals surface area contributed by atoms with Gasteiger partial charge in [0.25, 0.3) is 0 Å². The Kier molecular flexibility index (Phi) is 4.04. The molecular weight excluding hydrogens is 230 g/mol. The molecule has 1 N–H and O–H groups in total. The first-order valence-corrected chi connectivity index (χ1v) is 6.18. The Bertz CT molecular complexity index is 445. The van der Waals surface area contributed by atoms with Gasteiger partial charge in [0.05, 0.1) is 24.1 Å². The Morgan fingerprint density at radius 1 is 1.44 bits per heavy atom. The second kappa shape index (κ2) is 5.73. The smallest absolute Gasteiger partial charge is 0.243 e. The van der Waals surface area contributed by atoms with Crippen LogP contribution in [0.1, 0.15) is 31.9 Å². The molecule has 1 aromatic heterocycles. The molecule has 1 amide bonds. The van der Waals surface area contributed by atoms with Crippen LogP contribution in [0.3, 0.4) is 0 Å². The number of rotatable bonds is 4. The first-order valence-electron chi connectivity index (χ1n) is 6.18. The molecule has 0 bridgehead atoms. The number of pyridine rings is 1. The molecular formula is C13H17N3O2. The molecule has 18 heavy (non-hydrogen) atoms. The molecule has 0 aromatic carbocycles. The third-order valence-electron chi connectivity index (χ3n) is 2.92. The highest BCUT2D eigenvalue weighted by Gasteiger charge is 2.23. The number of β-amino-alcohol motifs (C(OH)–C–C–N with tert-alkyl or cyclic N) is 1. The minimum Gasteiger partial charge on any atom is -0.391 e. The molecule has 1 aliphatic heterocycles. The van der Waals surface area contributed by atoms with Crippen LogP contribution in [0, 0.1) is 0 Å². The van der Waals surface area contributed by atoms with E-state index >= 15 is 0 Å². The maximum Gasteiger partial charge on any atom is 0.243 e. The van der Waals surface area contributed by atoms with E-state index in [0.717, 1.165) is 11.4 Å². The summed E-state index contributed by atoms with van der Waals surface area (Å²) in [7, 11) is 0. The predicted octanol–water partition coefficient (Wildman–Crippen LogP) is 1.18. The summed E-state index contributed by atoms with van der Waals surface area (Å²) in [6.07, 6.45) is 2.82.